The van der Waals surface area contributed by atoms with Crippen LogP contribution in [0.3, 0.4) is 0 Å². The van der Waals surface area contributed by atoms with Crippen molar-refractivity contribution in [3.63, 3.8) is 0 Å². The minimum atomic E-state index is 0.280. The van der Waals surface area contributed by atoms with Crippen LogP contribution in [-0.2, 0) is 9.53 Å². The number of amides is 1. The molecule has 1 amide bonds. The Kier molecular flexibility index (Phi) is 6.65. The van der Waals surface area contributed by atoms with Crippen LogP contribution in [0.15, 0.2) is 30.3 Å². The molecule has 0 aromatic heterocycles. The second-order valence-corrected chi connectivity index (χ2v) is 7.23. The molecule has 2 aliphatic heterocycles. The molecule has 1 aromatic carbocycles. The number of likely N-dealkylation sites (tertiary alicyclic amines) is 1. The molecular weight excluding hydrogens is 312 g/mol. The number of rotatable bonds is 4. The van der Waals surface area contributed by atoms with Gasteiger partial charge in [0, 0.05) is 32.8 Å². The van der Waals surface area contributed by atoms with Gasteiger partial charge in [0.1, 0.15) is 0 Å². The lowest BCUT2D eigenvalue weighted by Gasteiger charge is -2.32. The summed E-state index contributed by atoms with van der Waals surface area (Å²) in [5.41, 5.74) is 2.55. The fourth-order valence-electron chi connectivity index (χ4n) is 3.51. The fraction of sp³-hybridized carbons (Fsp3) is 0.571. The van der Waals surface area contributed by atoms with Crippen molar-refractivity contribution in [3.05, 3.63) is 41.5 Å². The molecule has 136 valence electrons. The van der Waals surface area contributed by atoms with Crippen LogP contribution in [0.5, 0.6) is 0 Å². The molecule has 2 saturated heterocycles. The van der Waals surface area contributed by atoms with Crippen LogP contribution in [0.25, 0.3) is 6.08 Å². The van der Waals surface area contributed by atoms with E-state index in [1.165, 1.54) is 11.1 Å². The van der Waals surface area contributed by atoms with Gasteiger partial charge in [-0.25, -0.2) is 0 Å². The Morgan fingerprint density at radius 1 is 1.12 bits per heavy atom. The van der Waals surface area contributed by atoms with E-state index in [9.17, 15) is 4.79 Å². The van der Waals surface area contributed by atoms with Crippen LogP contribution in [0, 0.1) is 12.8 Å². The molecule has 2 fully saturated rings. The SMILES string of the molecule is Cc1ccc(C=CC2CCN(C(=O)CN3CCCOCC3)CC2)cc1. The first-order valence-electron chi connectivity index (χ1n) is 9.53. The number of carbonyl (C=O) groups excluding carboxylic acids is 1. The monoisotopic (exact) mass is 342 g/mol. The summed E-state index contributed by atoms with van der Waals surface area (Å²) >= 11 is 0. The van der Waals surface area contributed by atoms with Crippen molar-refractivity contribution in [2.24, 2.45) is 5.92 Å². The molecule has 0 radical (unpaired) electrons. The molecule has 1 aromatic rings. The van der Waals surface area contributed by atoms with E-state index in [1.54, 1.807) is 0 Å². The highest BCUT2D eigenvalue weighted by Gasteiger charge is 2.23. The van der Waals surface area contributed by atoms with E-state index in [1.807, 2.05) is 4.90 Å². The normalized spacial score (nSPS) is 20.8. The highest BCUT2D eigenvalue weighted by Crippen LogP contribution is 2.20. The number of ether oxygens (including phenoxy) is 1. The quantitative estimate of drug-likeness (QED) is 0.843. The van der Waals surface area contributed by atoms with Crippen LogP contribution >= 0.6 is 0 Å². The number of hydrogen-bond acceptors (Lipinski definition) is 3. The summed E-state index contributed by atoms with van der Waals surface area (Å²) in [7, 11) is 0. The Balaban J connectivity index is 1.43. The molecule has 4 heteroatoms. The molecule has 0 N–H and O–H groups in total. The summed E-state index contributed by atoms with van der Waals surface area (Å²) in [5, 5.41) is 0. The van der Waals surface area contributed by atoms with Crippen molar-refractivity contribution in [2.75, 3.05) is 45.9 Å². The smallest absolute Gasteiger partial charge is 0.236 e. The second kappa shape index (κ2) is 9.16. The molecule has 3 rings (SSSR count). The van der Waals surface area contributed by atoms with Gasteiger partial charge in [-0.05, 0) is 37.7 Å². The van der Waals surface area contributed by atoms with E-state index in [4.69, 9.17) is 4.74 Å². The zero-order valence-electron chi connectivity index (χ0n) is 15.3. The molecule has 0 aliphatic carbocycles. The molecule has 2 heterocycles. The first-order valence-corrected chi connectivity index (χ1v) is 9.53. The van der Waals surface area contributed by atoms with Crippen LogP contribution in [0.2, 0.25) is 0 Å². The van der Waals surface area contributed by atoms with Gasteiger partial charge in [0.05, 0.1) is 13.2 Å². The Labute approximate surface area is 151 Å². The summed E-state index contributed by atoms with van der Waals surface area (Å²) < 4.78 is 5.46. The van der Waals surface area contributed by atoms with Crippen LogP contribution in [0.4, 0.5) is 0 Å². The predicted octanol–water partition coefficient (Wildman–Crippen LogP) is 2.97. The number of allylic oxidation sites excluding steroid dienone is 1. The standard InChI is InChI=1S/C21H30N2O2/c1-18-3-5-19(6-4-18)7-8-20-9-12-23(13-10-20)21(24)17-22-11-2-15-25-16-14-22/h3-8,20H,2,9-17H2,1H3. The topological polar surface area (TPSA) is 32.8 Å². The van der Waals surface area contributed by atoms with Gasteiger partial charge in [-0.15, -0.1) is 0 Å². The lowest BCUT2D eigenvalue weighted by molar-refractivity contribution is -0.133. The van der Waals surface area contributed by atoms with E-state index in [0.29, 0.717) is 12.5 Å². The Bertz CT molecular complexity index is 566. The minimum Gasteiger partial charge on any atom is -0.380 e. The van der Waals surface area contributed by atoms with Gasteiger partial charge in [0.15, 0.2) is 0 Å². The molecular formula is C21H30N2O2. The van der Waals surface area contributed by atoms with Crippen molar-refractivity contribution < 1.29 is 9.53 Å². The third kappa shape index (κ3) is 5.68. The van der Waals surface area contributed by atoms with Crippen molar-refractivity contribution in [3.8, 4) is 0 Å². The van der Waals surface area contributed by atoms with Gasteiger partial charge in [-0.3, -0.25) is 9.69 Å². The van der Waals surface area contributed by atoms with Crippen molar-refractivity contribution in [1.82, 2.24) is 9.80 Å². The maximum atomic E-state index is 12.5. The molecule has 0 spiro atoms. The molecule has 25 heavy (non-hydrogen) atoms. The van der Waals surface area contributed by atoms with Gasteiger partial charge in [0.2, 0.25) is 5.91 Å². The van der Waals surface area contributed by atoms with E-state index in [0.717, 1.165) is 58.7 Å². The molecule has 0 bridgehead atoms. The van der Waals surface area contributed by atoms with Crippen molar-refractivity contribution in [2.45, 2.75) is 26.2 Å². The first kappa shape index (κ1) is 18.2. The Hall–Kier alpha value is -1.65. The van der Waals surface area contributed by atoms with Gasteiger partial charge in [0.25, 0.3) is 0 Å². The number of hydrogen-bond donors (Lipinski definition) is 0. The minimum absolute atomic E-state index is 0.280. The summed E-state index contributed by atoms with van der Waals surface area (Å²) in [6.45, 7) is 7.84. The molecule has 0 atom stereocenters. The first-order chi connectivity index (χ1) is 12.2. The zero-order valence-corrected chi connectivity index (χ0v) is 15.3. The van der Waals surface area contributed by atoms with Crippen molar-refractivity contribution >= 4 is 12.0 Å². The lowest BCUT2D eigenvalue weighted by atomic mass is 9.95. The number of nitrogens with zero attached hydrogens (tertiary/aromatic N) is 2. The van der Waals surface area contributed by atoms with Crippen LogP contribution in [-0.4, -0.2) is 61.6 Å². The number of benzene rings is 1. The van der Waals surface area contributed by atoms with Gasteiger partial charge < -0.3 is 9.64 Å². The number of piperidine rings is 1. The Morgan fingerprint density at radius 3 is 2.64 bits per heavy atom. The highest BCUT2D eigenvalue weighted by molar-refractivity contribution is 5.78. The van der Waals surface area contributed by atoms with Crippen LogP contribution in [0.1, 0.15) is 30.4 Å². The van der Waals surface area contributed by atoms with E-state index in [2.05, 4.69) is 48.2 Å². The lowest BCUT2D eigenvalue weighted by Crippen LogP contribution is -2.44. The van der Waals surface area contributed by atoms with Crippen LogP contribution < -0.4 is 0 Å². The van der Waals surface area contributed by atoms with Crippen molar-refractivity contribution in [1.29, 1.82) is 0 Å². The average molecular weight is 342 g/mol. The van der Waals surface area contributed by atoms with E-state index in [-0.39, 0.29) is 5.91 Å². The van der Waals surface area contributed by atoms with E-state index < -0.39 is 0 Å². The average Bonchev–Trinajstić information content (AvgIpc) is 2.90. The van der Waals surface area contributed by atoms with Gasteiger partial charge in [-0.2, -0.15) is 0 Å². The third-order valence-corrected chi connectivity index (χ3v) is 5.20. The predicted molar refractivity (Wildman–Crippen MR) is 101 cm³/mol. The second-order valence-electron chi connectivity index (χ2n) is 7.23. The molecule has 4 nitrogen and oxygen atoms in total. The largest absolute Gasteiger partial charge is 0.380 e. The number of aryl methyl sites for hydroxylation is 1. The maximum absolute atomic E-state index is 12.5. The third-order valence-electron chi connectivity index (χ3n) is 5.20. The number of carbonyl (C=O) groups is 1. The molecule has 2 aliphatic rings. The van der Waals surface area contributed by atoms with E-state index >= 15 is 0 Å². The summed E-state index contributed by atoms with van der Waals surface area (Å²) in [5.74, 6) is 0.861. The zero-order chi connectivity index (χ0) is 17.5. The van der Waals surface area contributed by atoms with Gasteiger partial charge >= 0.3 is 0 Å². The molecule has 0 saturated carbocycles. The van der Waals surface area contributed by atoms with Gasteiger partial charge in [-0.1, -0.05) is 42.0 Å². The summed E-state index contributed by atoms with van der Waals surface area (Å²) in [4.78, 5) is 16.8. The maximum Gasteiger partial charge on any atom is 0.236 e. The highest BCUT2D eigenvalue weighted by atomic mass is 16.5. The summed E-state index contributed by atoms with van der Waals surface area (Å²) in [6, 6.07) is 8.62. The fourth-order valence-corrected chi connectivity index (χ4v) is 3.51. The Morgan fingerprint density at radius 2 is 1.88 bits per heavy atom. The summed E-state index contributed by atoms with van der Waals surface area (Å²) in [6.07, 6.45) is 7.70. The molecule has 0 unspecified atom stereocenters.